The minimum absolute atomic E-state index is 0.199. The highest BCUT2D eigenvalue weighted by atomic mass is 79.9. The highest BCUT2D eigenvalue weighted by molar-refractivity contribution is 9.10. The van der Waals surface area contributed by atoms with Crippen LogP contribution in [0.4, 0.5) is 4.39 Å². The monoisotopic (exact) mass is 327 g/mol. The number of aryl methyl sites for hydroxylation is 1. The fourth-order valence-corrected chi connectivity index (χ4v) is 2.80. The Morgan fingerprint density at radius 1 is 1.39 bits per heavy atom. The van der Waals surface area contributed by atoms with Gasteiger partial charge in [-0.2, -0.15) is 0 Å². The Kier molecular flexibility index (Phi) is 4.14. The van der Waals surface area contributed by atoms with Gasteiger partial charge in [0.1, 0.15) is 5.82 Å². The van der Waals surface area contributed by atoms with Crippen LogP contribution in [0, 0.1) is 12.7 Å². The molecule has 0 bridgehead atoms. The van der Waals surface area contributed by atoms with Gasteiger partial charge < -0.3 is 5.32 Å². The maximum Gasteiger partial charge on any atom is 0.252 e. The first-order chi connectivity index (χ1) is 8.58. The summed E-state index contributed by atoms with van der Waals surface area (Å²) in [5, 5.41) is 2.77. The molecule has 1 N–H and O–H groups in total. The zero-order chi connectivity index (χ0) is 13.1. The molecule has 94 valence electrons. The predicted molar refractivity (Wildman–Crippen MR) is 74.3 cm³/mol. The first-order valence-electron chi connectivity index (χ1n) is 5.35. The molecule has 5 heteroatoms. The van der Waals surface area contributed by atoms with Gasteiger partial charge in [-0.15, -0.1) is 11.3 Å². The molecule has 1 aromatic heterocycles. The molecule has 0 spiro atoms. The molecule has 0 saturated heterocycles. The summed E-state index contributed by atoms with van der Waals surface area (Å²) < 4.78 is 13.5. The number of thiophene rings is 1. The topological polar surface area (TPSA) is 29.1 Å². The van der Waals surface area contributed by atoms with Crippen LogP contribution in [-0.2, 0) is 6.54 Å². The molecule has 0 aliphatic rings. The molecule has 0 radical (unpaired) electrons. The standard InChI is InChI=1S/C13H11BrFNOS/c1-8-5-6-9(18-8)7-16-13(17)10-3-2-4-11(15)12(10)14/h2-6H,7H2,1H3,(H,16,17). The van der Waals surface area contributed by atoms with Crippen molar-refractivity contribution in [2.24, 2.45) is 0 Å². The molecule has 0 atom stereocenters. The largest absolute Gasteiger partial charge is 0.347 e. The number of halogens is 2. The molecule has 0 aliphatic carbocycles. The summed E-state index contributed by atoms with van der Waals surface area (Å²) in [5.41, 5.74) is 0.309. The van der Waals surface area contributed by atoms with Gasteiger partial charge in [0.25, 0.3) is 5.91 Å². The molecule has 1 amide bonds. The second-order valence-corrected chi connectivity index (χ2v) is 5.96. The van der Waals surface area contributed by atoms with Crippen LogP contribution in [0.2, 0.25) is 0 Å². The van der Waals surface area contributed by atoms with E-state index in [-0.39, 0.29) is 10.4 Å². The van der Waals surface area contributed by atoms with E-state index in [1.54, 1.807) is 17.4 Å². The second kappa shape index (κ2) is 5.63. The van der Waals surface area contributed by atoms with Crippen LogP contribution < -0.4 is 5.32 Å². The highest BCUT2D eigenvalue weighted by Crippen LogP contribution is 2.20. The molecule has 1 heterocycles. The van der Waals surface area contributed by atoms with E-state index in [4.69, 9.17) is 0 Å². The van der Waals surface area contributed by atoms with Gasteiger partial charge in [-0.1, -0.05) is 6.07 Å². The Morgan fingerprint density at radius 3 is 2.83 bits per heavy atom. The number of benzene rings is 1. The highest BCUT2D eigenvalue weighted by Gasteiger charge is 2.12. The van der Waals surface area contributed by atoms with Crippen LogP contribution in [0.5, 0.6) is 0 Å². The van der Waals surface area contributed by atoms with Crippen molar-refractivity contribution in [1.82, 2.24) is 5.32 Å². The van der Waals surface area contributed by atoms with Crippen LogP contribution in [0.3, 0.4) is 0 Å². The minimum Gasteiger partial charge on any atom is -0.347 e. The second-order valence-electron chi connectivity index (χ2n) is 3.80. The first kappa shape index (κ1) is 13.2. The van der Waals surface area contributed by atoms with Crippen LogP contribution in [-0.4, -0.2) is 5.91 Å². The molecule has 2 nitrogen and oxygen atoms in total. The normalized spacial score (nSPS) is 10.4. The average Bonchev–Trinajstić information content (AvgIpc) is 2.76. The Balaban J connectivity index is 2.06. The summed E-state index contributed by atoms with van der Waals surface area (Å²) >= 11 is 4.71. The fourth-order valence-electron chi connectivity index (χ4n) is 1.52. The molecule has 0 saturated carbocycles. The van der Waals surface area contributed by atoms with Crippen LogP contribution >= 0.6 is 27.3 Å². The van der Waals surface area contributed by atoms with E-state index in [0.717, 1.165) is 4.88 Å². The van der Waals surface area contributed by atoms with Gasteiger partial charge in [-0.3, -0.25) is 4.79 Å². The van der Waals surface area contributed by atoms with E-state index in [1.165, 1.54) is 17.0 Å². The zero-order valence-corrected chi connectivity index (χ0v) is 12.1. The quantitative estimate of drug-likeness (QED) is 0.910. The molecule has 2 rings (SSSR count). The summed E-state index contributed by atoms with van der Waals surface area (Å²) in [5.74, 6) is -0.720. The fraction of sp³-hybridized carbons (Fsp3) is 0.154. The molecule has 2 aromatic rings. The lowest BCUT2D eigenvalue weighted by atomic mass is 10.2. The van der Waals surface area contributed by atoms with Gasteiger partial charge in [-0.05, 0) is 47.1 Å². The van der Waals surface area contributed by atoms with E-state index in [1.807, 2.05) is 19.1 Å². The molecule has 0 aliphatic heterocycles. The summed E-state index contributed by atoms with van der Waals surface area (Å²) in [6, 6.07) is 8.39. The number of amides is 1. The third kappa shape index (κ3) is 2.97. The molecule has 0 fully saturated rings. The molecule has 1 aromatic carbocycles. The molecule has 0 unspecified atom stereocenters. The Morgan fingerprint density at radius 2 is 2.17 bits per heavy atom. The van der Waals surface area contributed by atoms with Gasteiger partial charge in [0.15, 0.2) is 0 Å². The SMILES string of the molecule is Cc1ccc(CNC(=O)c2cccc(F)c2Br)s1. The third-order valence-corrected chi connectivity index (χ3v) is 4.22. The van der Waals surface area contributed by atoms with Crippen molar-refractivity contribution in [3.63, 3.8) is 0 Å². The van der Waals surface area contributed by atoms with E-state index < -0.39 is 5.82 Å². The zero-order valence-electron chi connectivity index (χ0n) is 9.67. The number of nitrogens with one attached hydrogen (secondary N) is 1. The van der Waals surface area contributed by atoms with Crippen molar-refractivity contribution in [1.29, 1.82) is 0 Å². The van der Waals surface area contributed by atoms with Gasteiger partial charge in [0.2, 0.25) is 0 Å². The third-order valence-electron chi connectivity index (χ3n) is 2.42. The Hall–Kier alpha value is -1.20. The first-order valence-corrected chi connectivity index (χ1v) is 6.96. The van der Waals surface area contributed by atoms with Crippen LogP contribution in [0.25, 0.3) is 0 Å². The number of carbonyl (C=O) groups is 1. The average molecular weight is 328 g/mol. The van der Waals surface area contributed by atoms with Gasteiger partial charge in [-0.25, -0.2) is 4.39 Å². The van der Waals surface area contributed by atoms with Gasteiger partial charge in [0.05, 0.1) is 16.6 Å². The minimum atomic E-state index is -0.436. The smallest absolute Gasteiger partial charge is 0.252 e. The van der Waals surface area contributed by atoms with Crippen LogP contribution in [0.1, 0.15) is 20.1 Å². The summed E-state index contributed by atoms with van der Waals surface area (Å²) in [7, 11) is 0. The van der Waals surface area contributed by atoms with Gasteiger partial charge >= 0.3 is 0 Å². The van der Waals surface area contributed by atoms with Crippen molar-refractivity contribution in [3.05, 3.63) is 55.9 Å². The van der Waals surface area contributed by atoms with E-state index in [0.29, 0.717) is 12.1 Å². The maximum absolute atomic E-state index is 13.3. The molecular weight excluding hydrogens is 317 g/mol. The number of carbonyl (C=O) groups excluding carboxylic acids is 1. The number of hydrogen-bond acceptors (Lipinski definition) is 2. The van der Waals surface area contributed by atoms with Crippen molar-refractivity contribution in [2.75, 3.05) is 0 Å². The number of rotatable bonds is 3. The lowest BCUT2D eigenvalue weighted by molar-refractivity contribution is 0.0950. The lowest BCUT2D eigenvalue weighted by Gasteiger charge is -2.06. The Bertz CT molecular complexity index is 582. The summed E-state index contributed by atoms with van der Waals surface area (Å²) in [6.45, 7) is 2.47. The predicted octanol–water partition coefficient (Wildman–Crippen LogP) is 3.89. The van der Waals surface area contributed by atoms with Crippen LogP contribution in [0.15, 0.2) is 34.8 Å². The molecular formula is C13H11BrFNOS. The summed E-state index contributed by atoms with van der Waals surface area (Å²) in [6.07, 6.45) is 0. The summed E-state index contributed by atoms with van der Waals surface area (Å²) in [4.78, 5) is 14.2. The Labute approximate surface area is 117 Å². The van der Waals surface area contributed by atoms with E-state index >= 15 is 0 Å². The lowest BCUT2D eigenvalue weighted by Crippen LogP contribution is -2.22. The molecule has 18 heavy (non-hydrogen) atoms. The maximum atomic E-state index is 13.3. The van der Waals surface area contributed by atoms with Crippen molar-refractivity contribution >= 4 is 33.2 Å². The van der Waals surface area contributed by atoms with E-state index in [9.17, 15) is 9.18 Å². The van der Waals surface area contributed by atoms with Crippen molar-refractivity contribution in [3.8, 4) is 0 Å². The van der Waals surface area contributed by atoms with Gasteiger partial charge in [0, 0.05) is 9.75 Å². The van der Waals surface area contributed by atoms with Crippen molar-refractivity contribution < 1.29 is 9.18 Å². The van der Waals surface area contributed by atoms with E-state index in [2.05, 4.69) is 21.2 Å². The number of hydrogen-bond donors (Lipinski definition) is 1. The van der Waals surface area contributed by atoms with Crippen molar-refractivity contribution in [2.45, 2.75) is 13.5 Å².